The Morgan fingerprint density at radius 1 is 1.39 bits per heavy atom. The Kier molecular flexibility index (Phi) is 3.00. The number of amides is 1. The van der Waals surface area contributed by atoms with Crippen molar-refractivity contribution in [3.05, 3.63) is 41.9 Å². The molecule has 4 rings (SSSR count). The van der Waals surface area contributed by atoms with Gasteiger partial charge in [-0.05, 0) is 19.1 Å². The standard InChI is InChI=1S/C16H14N4O3/c1-9-8-13(23-19-9)18-16(22)14-12(21)6-7-20-11-5-3-2-4-10(11)17-15(14)20/h2-5,8,14H,6-7H2,1H3,(H,18,22). The molecular weight excluding hydrogens is 296 g/mol. The zero-order valence-electron chi connectivity index (χ0n) is 12.4. The molecule has 1 aliphatic rings. The Morgan fingerprint density at radius 3 is 3.00 bits per heavy atom. The molecule has 2 aromatic heterocycles. The van der Waals surface area contributed by atoms with Crippen molar-refractivity contribution in [1.29, 1.82) is 0 Å². The van der Waals surface area contributed by atoms with Gasteiger partial charge in [-0.2, -0.15) is 0 Å². The molecule has 1 unspecified atom stereocenters. The maximum atomic E-state index is 12.6. The molecule has 0 aliphatic carbocycles. The van der Waals surface area contributed by atoms with E-state index in [0.717, 1.165) is 11.0 Å². The fourth-order valence-electron chi connectivity index (χ4n) is 2.94. The zero-order valence-corrected chi connectivity index (χ0v) is 12.4. The van der Waals surface area contributed by atoms with E-state index in [-0.39, 0.29) is 11.7 Å². The van der Waals surface area contributed by atoms with Crippen LogP contribution in [0.3, 0.4) is 0 Å². The normalized spacial score (nSPS) is 17.3. The average molecular weight is 310 g/mol. The highest BCUT2D eigenvalue weighted by molar-refractivity contribution is 6.11. The van der Waals surface area contributed by atoms with E-state index in [4.69, 9.17) is 4.52 Å². The van der Waals surface area contributed by atoms with Crippen LogP contribution in [0.5, 0.6) is 0 Å². The third kappa shape index (κ3) is 2.21. The first-order chi connectivity index (χ1) is 11.1. The number of fused-ring (bicyclic) bond motifs is 3. The van der Waals surface area contributed by atoms with Gasteiger partial charge in [0.15, 0.2) is 11.7 Å². The average Bonchev–Trinajstić information content (AvgIpc) is 3.10. The van der Waals surface area contributed by atoms with Crippen molar-refractivity contribution in [2.45, 2.75) is 25.8 Å². The molecule has 1 aromatic carbocycles. The number of aryl methyl sites for hydroxylation is 2. The number of Topliss-reactive ketones (excluding diaryl/α,β-unsaturated/α-hetero) is 1. The molecular formula is C16H14N4O3. The summed E-state index contributed by atoms with van der Waals surface area (Å²) in [6.07, 6.45) is 0.306. The Labute approximate surface area is 131 Å². The highest BCUT2D eigenvalue weighted by atomic mass is 16.5. The number of hydrogen-bond donors (Lipinski definition) is 1. The van der Waals surface area contributed by atoms with Crippen LogP contribution in [0.2, 0.25) is 0 Å². The minimum Gasteiger partial charge on any atom is -0.338 e. The van der Waals surface area contributed by atoms with Gasteiger partial charge in [-0.25, -0.2) is 4.98 Å². The number of para-hydroxylation sites is 2. The van der Waals surface area contributed by atoms with Gasteiger partial charge in [-0.15, -0.1) is 0 Å². The summed E-state index contributed by atoms with van der Waals surface area (Å²) in [7, 11) is 0. The predicted octanol–water partition coefficient (Wildman–Crippen LogP) is 2.03. The van der Waals surface area contributed by atoms with Crippen molar-refractivity contribution >= 4 is 28.6 Å². The predicted molar refractivity (Wildman–Crippen MR) is 82.0 cm³/mol. The quantitative estimate of drug-likeness (QED) is 0.731. The minimum absolute atomic E-state index is 0.137. The second-order valence-electron chi connectivity index (χ2n) is 5.58. The van der Waals surface area contributed by atoms with E-state index in [9.17, 15) is 9.59 Å². The third-order valence-electron chi connectivity index (χ3n) is 3.98. The van der Waals surface area contributed by atoms with Crippen LogP contribution < -0.4 is 5.32 Å². The molecule has 0 saturated heterocycles. The number of imidazole rings is 1. The van der Waals surface area contributed by atoms with E-state index in [1.54, 1.807) is 13.0 Å². The highest BCUT2D eigenvalue weighted by Crippen LogP contribution is 2.29. The van der Waals surface area contributed by atoms with Gasteiger partial charge in [0.2, 0.25) is 11.8 Å². The molecule has 0 fully saturated rings. The minimum atomic E-state index is -0.929. The van der Waals surface area contributed by atoms with Crippen molar-refractivity contribution in [3.63, 3.8) is 0 Å². The van der Waals surface area contributed by atoms with Crippen LogP contribution in [0.4, 0.5) is 5.88 Å². The number of nitrogens with one attached hydrogen (secondary N) is 1. The Balaban J connectivity index is 1.74. The van der Waals surface area contributed by atoms with Crippen LogP contribution in [0.1, 0.15) is 23.9 Å². The SMILES string of the molecule is Cc1cc(NC(=O)C2C(=O)CCn3c2nc2ccccc23)on1. The smallest absolute Gasteiger partial charge is 0.245 e. The molecule has 1 aliphatic heterocycles. The summed E-state index contributed by atoms with van der Waals surface area (Å²) in [5.74, 6) is -0.796. The van der Waals surface area contributed by atoms with Crippen LogP contribution in [-0.2, 0) is 16.1 Å². The fraction of sp³-hybridized carbons (Fsp3) is 0.250. The first-order valence-corrected chi connectivity index (χ1v) is 7.35. The summed E-state index contributed by atoms with van der Waals surface area (Å²) in [6, 6.07) is 9.22. The highest BCUT2D eigenvalue weighted by Gasteiger charge is 2.36. The fourth-order valence-corrected chi connectivity index (χ4v) is 2.94. The maximum absolute atomic E-state index is 12.6. The van der Waals surface area contributed by atoms with Crippen LogP contribution in [0.15, 0.2) is 34.9 Å². The molecule has 1 N–H and O–H groups in total. The number of carbonyl (C=O) groups is 2. The van der Waals surface area contributed by atoms with E-state index in [2.05, 4.69) is 15.5 Å². The van der Waals surface area contributed by atoms with Crippen LogP contribution >= 0.6 is 0 Å². The number of carbonyl (C=O) groups excluding carboxylic acids is 2. The lowest BCUT2D eigenvalue weighted by Crippen LogP contribution is -2.34. The molecule has 7 nitrogen and oxygen atoms in total. The first-order valence-electron chi connectivity index (χ1n) is 7.35. The van der Waals surface area contributed by atoms with Gasteiger partial charge in [0.25, 0.3) is 0 Å². The zero-order chi connectivity index (χ0) is 16.0. The van der Waals surface area contributed by atoms with E-state index < -0.39 is 11.8 Å². The summed E-state index contributed by atoms with van der Waals surface area (Å²) in [6.45, 7) is 2.30. The topological polar surface area (TPSA) is 90.0 Å². The van der Waals surface area contributed by atoms with E-state index >= 15 is 0 Å². The van der Waals surface area contributed by atoms with Gasteiger partial charge in [-0.3, -0.25) is 14.9 Å². The van der Waals surface area contributed by atoms with E-state index in [0.29, 0.717) is 24.5 Å². The van der Waals surface area contributed by atoms with Crippen molar-refractivity contribution in [2.24, 2.45) is 0 Å². The third-order valence-corrected chi connectivity index (χ3v) is 3.98. The molecule has 0 radical (unpaired) electrons. The van der Waals surface area contributed by atoms with Gasteiger partial charge in [0.05, 0.1) is 16.7 Å². The molecule has 0 spiro atoms. The van der Waals surface area contributed by atoms with Gasteiger partial charge >= 0.3 is 0 Å². The molecule has 1 atom stereocenters. The van der Waals surface area contributed by atoms with Gasteiger partial charge in [-0.1, -0.05) is 17.3 Å². The summed E-state index contributed by atoms with van der Waals surface area (Å²) >= 11 is 0. The second-order valence-corrected chi connectivity index (χ2v) is 5.58. The van der Waals surface area contributed by atoms with Crippen LogP contribution in [-0.4, -0.2) is 26.4 Å². The van der Waals surface area contributed by atoms with Gasteiger partial charge in [0.1, 0.15) is 5.82 Å². The Bertz CT molecular complexity index is 924. The lowest BCUT2D eigenvalue weighted by Gasteiger charge is -2.21. The number of benzene rings is 1. The lowest BCUT2D eigenvalue weighted by atomic mass is 9.96. The molecule has 23 heavy (non-hydrogen) atoms. The summed E-state index contributed by atoms with van der Waals surface area (Å²) in [5, 5.41) is 6.32. The number of aromatic nitrogens is 3. The summed E-state index contributed by atoms with van der Waals surface area (Å²) in [5.41, 5.74) is 2.37. The number of hydrogen-bond acceptors (Lipinski definition) is 5. The molecule has 3 heterocycles. The number of ketones is 1. The van der Waals surface area contributed by atoms with Crippen molar-refractivity contribution < 1.29 is 14.1 Å². The number of nitrogens with zero attached hydrogens (tertiary/aromatic N) is 3. The largest absolute Gasteiger partial charge is 0.338 e. The number of anilines is 1. The summed E-state index contributed by atoms with van der Waals surface area (Å²) < 4.78 is 6.92. The van der Waals surface area contributed by atoms with E-state index in [1.807, 2.05) is 28.8 Å². The summed E-state index contributed by atoms with van der Waals surface area (Å²) in [4.78, 5) is 29.4. The molecule has 7 heteroatoms. The van der Waals surface area contributed by atoms with Crippen LogP contribution in [0.25, 0.3) is 11.0 Å². The molecule has 0 saturated carbocycles. The molecule has 1 amide bonds. The number of rotatable bonds is 2. The van der Waals surface area contributed by atoms with Crippen molar-refractivity contribution in [1.82, 2.24) is 14.7 Å². The van der Waals surface area contributed by atoms with Gasteiger partial charge < -0.3 is 9.09 Å². The Hall–Kier alpha value is -2.96. The molecule has 116 valence electrons. The second kappa shape index (κ2) is 5.05. The molecule has 3 aromatic rings. The van der Waals surface area contributed by atoms with Gasteiger partial charge in [0, 0.05) is 19.0 Å². The monoisotopic (exact) mass is 310 g/mol. The van der Waals surface area contributed by atoms with Crippen molar-refractivity contribution in [3.8, 4) is 0 Å². The maximum Gasteiger partial charge on any atom is 0.245 e. The first kappa shape index (κ1) is 13.7. The van der Waals surface area contributed by atoms with Crippen molar-refractivity contribution in [2.75, 3.05) is 5.32 Å². The van der Waals surface area contributed by atoms with E-state index in [1.165, 1.54) is 0 Å². The lowest BCUT2D eigenvalue weighted by molar-refractivity contribution is -0.128. The Morgan fingerprint density at radius 2 is 2.22 bits per heavy atom. The van der Waals surface area contributed by atoms with Crippen LogP contribution in [0, 0.1) is 6.92 Å². The molecule has 0 bridgehead atoms.